The van der Waals surface area contributed by atoms with Crippen LogP contribution in [0.2, 0.25) is 0 Å². The SMILES string of the molecule is C[C@@H](NC(=O)c1cccnc1Sc1ccccc1)C1CC1. The molecule has 1 amide bonds. The number of carbonyl (C=O) groups excluding carboxylic acids is 1. The van der Waals surface area contributed by atoms with Crippen LogP contribution < -0.4 is 5.32 Å². The number of nitrogens with one attached hydrogen (secondary N) is 1. The van der Waals surface area contributed by atoms with Crippen LogP contribution in [0.15, 0.2) is 58.6 Å². The Labute approximate surface area is 129 Å². The first-order valence-electron chi connectivity index (χ1n) is 7.23. The summed E-state index contributed by atoms with van der Waals surface area (Å²) in [5.74, 6) is 0.622. The van der Waals surface area contributed by atoms with E-state index in [2.05, 4.69) is 17.2 Å². The van der Waals surface area contributed by atoms with Gasteiger partial charge in [-0.15, -0.1) is 0 Å². The van der Waals surface area contributed by atoms with Gasteiger partial charge in [0.15, 0.2) is 0 Å². The summed E-state index contributed by atoms with van der Waals surface area (Å²) >= 11 is 1.52. The first kappa shape index (κ1) is 14.1. The van der Waals surface area contributed by atoms with Crippen molar-refractivity contribution < 1.29 is 4.79 Å². The second-order valence-electron chi connectivity index (χ2n) is 5.37. The number of hydrogen-bond acceptors (Lipinski definition) is 3. The Bertz CT molecular complexity index is 626. The average Bonchev–Trinajstić information content (AvgIpc) is 3.33. The molecule has 1 aromatic carbocycles. The summed E-state index contributed by atoms with van der Waals surface area (Å²) in [6.07, 6.45) is 4.17. The quantitative estimate of drug-likeness (QED) is 0.914. The standard InChI is InChI=1S/C17H18N2OS/c1-12(13-9-10-13)19-16(20)15-8-5-11-18-17(15)21-14-6-3-2-4-7-14/h2-8,11-13H,9-10H2,1H3,(H,19,20)/t12-/m1/s1. The van der Waals surface area contributed by atoms with Crippen LogP contribution in [-0.4, -0.2) is 16.9 Å². The third kappa shape index (κ3) is 3.64. The second-order valence-corrected chi connectivity index (χ2v) is 6.43. The normalized spacial score (nSPS) is 15.5. The Kier molecular flexibility index (Phi) is 4.25. The van der Waals surface area contributed by atoms with E-state index < -0.39 is 0 Å². The molecular formula is C17H18N2OS. The van der Waals surface area contributed by atoms with Gasteiger partial charge in [-0.25, -0.2) is 4.98 Å². The topological polar surface area (TPSA) is 42.0 Å². The fourth-order valence-corrected chi connectivity index (χ4v) is 3.14. The van der Waals surface area contributed by atoms with Crippen molar-refractivity contribution in [1.82, 2.24) is 10.3 Å². The van der Waals surface area contributed by atoms with Gasteiger partial charge in [-0.2, -0.15) is 0 Å². The molecule has 1 aromatic heterocycles. The summed E-state index contributed by atoms with van der Waals surface area (Å²) in [7, 11) is 0. The molecule has 3 nitrogen and oxygen atoms in total. The van der Waals surface area contributed by atoms with Gasteiger partial charge in [0, 0.05) is 17.1 Å². The molecule has 1 atom stereocenters. The molecule has 2 aromatic rings. The third-order valence-corrected chi connectivity index (χ3v) is 4.69. The zero-order chi connectivity index (χ0) is 14.7. The van der Waals surface area contributed by atoms with E-state index in [0.29, 0.717) is 11.5 Å². The minimum Gasteiger partial charge on any atom is -0.349 e. The molecule has 21 heavy (non-hydrogen) atoms. The first-order chi connectivity index (χ1) is 10.2. The van der Waals surface area contributed by atoms with Crippen LogP contribution in [0.25, 0.3) is 0 Å². The molecule has 0 aliphatic heterocycles. The van der Waals surface area contributed by atoms with Crippen LogP contribution in [0.3, 0.4) is 0 Å². The molecule has 1 aliphatic rings. The van der Waals surface area contributed by atoms with Crippen LogP contribution in [0.1, 0.15) is 30.1 Å². The molecule has 4 heteroatoms. The maximum atomic E-state index is 12.4. The van der Waals surface area contributed by atoms with Crippen molar-refractivity contribution in [2.45, 2.75) is 35.7 Å². The van der Waals surface area contributed by atoms with E-state index in [-0.39, 0.29) is 11.9 Å². The number of nitrogens with zero attached hydrogens (tertiary/aromatic N) is 1. The Morgan fingerprint density at radius 2 is 2.00 bits per heavy atom. The van der Waals surface area contributed by atoms with Crippen molar-refractivity contribution in [2.24, 2.45) is 5.92 Å². The lowest BCUT2D eigenvalue weighted by Crippen LogP contribution is -2.34. The molecule has 1 aliphatic carbocycles. The molecule has 108 valence electrons. The van der Waals surface area contributed by atoms with E-state index in [1.165, 1.54) is 24.6 Å². The van der Waals surface area contributed by atoms with Crippen molar-refractivity contribution in [3.05, 3.63) is 54.2 Å². The first-order valence-corrected chi connectivity index (χ1v) is 8.04. The van der Waals surface area contributed by atoms with Crippen LogP contribution in [0.5, 0.6) is 0 Å². The number of rotatable bonds is 5. The van der Waals surface area contributed by atoms with E-state index in [1.54, 1.807) is 6.20 Å². The van der Waals surface area contributed by atoms with Gasteiger partial charge < -0.3 is 5.32 Å². The fraction of sp³-hybridized carbons (Fsp3) is 0.294. The summed E-state index contributed by atoms with van der Waals surface area (Å²) in [4.78, 5) is 17.9. The summed E-state index contributed by atoms with van der Waals surface area (Å²) in [5, 5.41) is 3.85. The molecule has 0 unspecified atom stereocenters. The molecular weight excluding hydrogens is 280 g/mol. The van der Waals surface area contributed by atoms with Crippen molar-refractivity contribution >= 4 is 17.7 Å². The highest BCUT2D eigenvalue weighted by Crippen LogP contribution is 2.33. The molecule has 3 rings (SSSR count). The second kappa shape index (κ2) is 6.31. The molecule has 1 saturated carbocycles. The van der Waals surface area contributed by atoms with Crippen LogP contribution in [0, 0.1) is 5.92 Å². The zero-order valence-corrected chi connectivity index (χ0v) is 12.8. The van der Waals surface area contributed by atoms with Crippen molar-refractivity contribution in [3.8, 4) is 0 Å². The molecule has 0 radical (unpaired) electrons. The minimum atomic E-state index is -0.0269. The van der Waals surface area contributed by atoms with Gasteiger partial charge in [-0.05, 0) is 49.9 Å². The Hall–Kier alpha value is -1.81. The largest absolute Gasteiger partial charge is 0.349 e. The number of benzene rings is 1. The fourth-order valence-electron chi connectivity index (χ4n) is 2.24. The van der Waals surface area contributed by atoms with Crippen LogP contribution in [-0.2, 0) is 0 Å². The van der Waals surface area contributed by atoms with Gasteiger partial charge >= 0.3 is 0 Å². The number of hydrogen-bond donors (Lipinski definition) is 1. The van der Waals surface area contributed by atoms with Crippen molar-refractivity contribution in [3.63, 3.8) is 0 Å². The van der Waals surface area contributed by atoms with Crippen molar-refractivity contribution in [1.29, 1.82) is 0 Å². The minimum absolute atomic E-state index is 0.0269. The van der Waals surface area contributed by atoms with Crippen LogP contribution >= 0.6 is 11.8 Å². The average molecular weight is 298 g/mol. The van der Waals surface area contributed by atoms with E-state index in [9.17, 15) is 4.79 Å². The lowest BCUT2D eigenvalue weighted by molar-refractivity contribution is 0.0932. The highest BCUT2D eigenvalue weighted by molar-refractivity contribution is 7.99. The molecule has 0 saturated heterocycles. The van der Waals surface area contributed by atoms with Gasteiger partial charge in [-0.3, -0.25) is 4.79 Å². The highest BCUT2D eigenvalue weighted by atomic mass is 32.2. The Morgan fingerprint density at radius 3 is 2.71 bits per heavy atom. The number of amides is 1. The van der Waals surface area contributed by atoms with E-state index in [0.717, 1.165) is 9.92 Å². The predicted octanol–water partition coefficient (Wildman–Crippen LogP) is 3.76. The van der Waals surface area contributed by atoms with Gasteiger partial charge in [-0.1, -0.05) is 30.0 Å². The smallest absolute Gasteiger partial charge is 0.254 e. The van der Waals surface area contributed by atoms with E-state index in [1.807, 2.05) is 42.5 Å². The molecule has 0 spiro atoms. The molecule has 1 N–H and O–H groups in total. The van der Waals surface area contributed by atoms with Gasteiger partial charge in [0.2, 0.25) is 0 Å². The third-order valence-electron chi connectivity index (χ3n) is 3.66. The summed E-state index contributed by atoms with van der Waals surface area (Å²) in [5.41, 5.74) is 0.652. The zero-order valence-electron chi connectivity index (χ0n) is 12.0. The monoisotopic (exact) mass is 298 g/mol. The van der Waals surface area contributed by atoms with E-state index in [4.69, 9.17) is 0 Å². The van der Waals surface area contributed by atoms with Crippen LogP contribution in [0.4, 0.5) is 0 Å². The lowest BCUT2D eigenvalue weighted by Gasteiger charge is -2.14. The summed E-state index contributed by atoms with van der Waals surface area (Å²) < 4.78 is 0. The highest BCUT2D eigenvalue weighted by Gasteiger charge is 2.29. The maximum Gasteiger partial charge on any atom is 0.254 e. The summed E-state index contributed by atoms with van der Waals surface area (Å²) in [6, 6.07) is 13.9. The van der Waals surface area contributed by atoms with Gasteiger partial charge in [0.1, 0.15) is 5.03 Å². The van der Waals surface area contributed by atoms with E-state index >= 15 is 0 Å². The maximum absolute atomic E-state index is 12.4. The molecule has 1 heterocycles. The van der Waals surface area contributed by atoms with Gasteiger partial charge in [0.05, 0.1) is 5.56 Å². The number of aromatic nitrogens is 1. The van der Waals surface area contributed by atoms with Crippen molar-refractivity contribution in [2.75, 3.05) is 0 Å². The predicted molar refractivity (Wildman–Crippen MR) is 84.5 cm³/mol. The van der Waals surface area contributed by atoms with Gasteiger partial charge in [0.25, 0.3) is 5.91 Å². The number of carbonyl (C=O) groups is 1. The number of pyridine rings is 1. The molecule has 0 bridgehead atoms. The Balaban J connectivity index is 1.77. The lowest BCUT2D eigenvalue weighted by atomic mass is 10.2. The molecule has 1 fully saturated rings. The summed E-state index contributed by atoms with van der Waals surface area (Å²) in [6.45, 7) is 2.08. The Morgan fingerprint density at radius 1 is 1.24 bits per heavy atom.